The van der Waals surface area contributed by atoms with Crippen molar-refractivity contribution >= 4 is 16.7 Å². The van der Waals surface area contributed by atoms with Crippen LogP contribution in [0.1, 0.15) is 25.7 Å². The van der Waals surface area contributed by atoms with Gasteiger partial charge in [-0.3, -0.25) is 4.79 Å². The largest absolute Gasteiger partial charge is 0.493 e. The van der Waals surface area contributed by atoms with E-state index in [1.165, 1.54) is 19.3 Å². The monoisotopic (exact) mass is 327 g/mol. The number of carboxylic acids is 1. The number of rotatable bonds is 7. The number of ether oxygens (including phenoxy) is 1. The molecule has 1 fully saturated rings. The number of benzene rings is 2. The second kappa shape index (κ2) is 8.15. The van der Waals surface area contributed by atoms with Gasteiger partial charge in [-0.25, -0.2) is 0 Å². The molecule has 0 aromatic heterocycles. The summed E-state index contributed by atoms with van der Waals surface area (Å²) < 4.78 is 5.91. The van der Waals surface area contributed by atoms with E-state index in [1.54, 1.807) is 0 Å². The minimum absolute atomic E-state index is 0.363. The Balaban J connectivity index is 1.57. The summed E-state index contributed by atoms with van der Waals surface area (Å²) in [6.07, 6.45) is 4.16. The summed E-state index contributed by atoms with van der Waals surface area (Å²) in [7, 11) is 0. The van der Waals surface area contributed by atoms with Crippen molar-refractivity contribution in [3.05, 3.63) is 42.5 Å². The fraction of sp³-hybridized carbons (Fsp3) is 0.450. The molecule has 1 heterocycles. The first-order chi connectivity index (χ1) is 11.7. The lowest BCUT2D eigenvalue weighted by atomic mass is 10.0. The number of fused-ring (bicyclic) bond motifs is 1. The number of piperidine rings is 1. The van der Waals surface area contributed by atoms with Crippen LogP contribution >= 0.6 is 0 Å². The molecule has 0 bridgehead atoms. The summed E-state index contributed by atoms with van der Waals surface area (Å²) in [6.45, 7) is 3.11. The Morgan fingerprint density at radius 1 is 1.08 bits per heavy atom. The first-order valence-electron chi connectivity index (χ1n) is 8.80. The van der Waals surface area contributed by atoms with Gasteiger partial charge in [-0.05, 0) is 43.8 Å². The second-order valence-electron chi connectivity index (χ2n) is 6.51. The molecule has 0 amide bonds. The van der Waals surface area contributed by atoms with Gasteiger partial charge in [0.25, 0.3) is 0 Å². The quantitative estimate of drug-likeness (QED) is 0.840. The van der Waals surface area contributed by atoms with Crippen LogP contribution in [0.5, 0.6) is 5.75 Å². The van der Waals surface area contributed by atoms with Crippen LogP contribution in [0.3, 0.4) is 0 Å². The zero-order valence-electron chi connectivity index (χ0n) is 14.0. The smallest absolute Gasteiger partial charge is 0.307 e. The molecular weight excluding hydrogens is 302 g/mol. The highest BCUT2D eigenvalue weighted by atomic mass is 16.5. The zero-order valence-corrected chi connectivity index (χ0v) is 14.0. The third-order valence-corrected chi connectivity index (χ3v) is 4.75. The molecule has 4 nitrogen and oxygen atoms in total. The fourth-order valence-electron chi connectivity index (χ4n) is 3.38. The van der Waals surface area contributed by atoms with Crippen LogP contribution in [0.15, 0.2) is 42.5 Å². The average molecular weight is 327 g/mol. The highest BCUT2D eigenvalue weighted by Crippen LogP contribution is 2.25. The standard InChI is InChI=1S/C20H25NO3/c22-20(23)17(15-21-12-4-1-5-13-21)11-14-24-19-10-6-8-16-7-2-3-9-18(16)19/h2-3,6-10,17H,1,4-5,11-15H2,(H,22,23). The number of aliphatic carboxylic acids is 1. The molecule has 0 radical (unpaired) electrons. The van der Waals surface area contributed by atoms with E-state index in [0.717, 1.165) is 29.6 Å². The van der Waals surface area contributed by atoms with Gasteiger partial charge in [0.05, 0.1) is 12.5 Å². The zero-order chi connectivity index (χ0) is 16.8. The summed E-state index contributed by atoms with van der Waals surface area (Å²) in [6, 6.07) is 14.1. The maximum Gasteiger partial charge on any atom is 0.307 e. The van der Waals surface area contributed by atoms with Crippen molar-refractivity contribution in [2.45, 2.75) is 25.7 Å². The molecule has 1 N–H and O–H groups in total. The Bertz CT molecular complexity index is 674. The summed E-state index contributed by atoms with van der Waals surface area (Å²) in [5, 5.41) is 11.7. The van der Waals surface area contributed by atoms with Crippen LogP contribution in [0, 0.1) is 5.92 Å². The van der Waals surface area contributed by atoms with E-state index >= 15 is 0 Å². The summed E-state index contributed by atoms with van der Waals surface area (Å²) in [5.41, 5.74) is 0. The molecule has 24 heavy (non-hydrogen) atoms. The molecule has 1 aliphatic heterocycles. The molecule has 1 atom stereocenters. The lowest BCUT2D eigenvalue weighted by Crippen LogP contribution is -2.37. The van der Waals surface area contributed by atoms with E-state index in [1.807, 2.05) is 30.3 Å². The number of carboxylic acid groups (broad SMARTS) is 1. The van der Waals surface area contributed by atoms with Gasteiger partial charge in [0.2, 0.25) is 0 Å². The van der Waals surface area contributed by atoms with Crippen LogP contribution in [-0.4, -0.2) is 42.2 Å². The molecule has 0 saturated carbocycles. The number of hydrogen-bond donors (Lipinski definition) is 1. The molecular formula is C20H25NO3. The lowest BCUT2D eigenvalue weighted by Gasteiger charge is -2.28. The first kappa shape index (κ1) is 16.8. The topological polar surface area (TPSA) is 49.8 Å². The van der Waals surface area contributed by atoms with Crippen LogP contribution in [0.25, 0.3) is 10.8 Å². The van der Waals surface area contributed by atoms with Gasteiger partial charge in [-0.2, -0.15) is 0 Å². The second-order valence-corrected chi connectivity index (χ2v) is 6.51. The van der Waals surface area contributed by atoms with Crippen molar-refractivity contribution in [3.63, 3.8) is 0 Å². The predicted octanol–water partition coefficient (Wildman–Crippen LogP) is 3.80. The average Bonchev–Trinajstić information content (AvgIpc) is 2.62. The van der Waals surface area contributed by atoms with Gasteiger partial charge < -0.3 is 14.7 Å². The number of nitrogens with zero attached hydrogens (tertiary/aromatic N) is 1. The predicted molar refractivity (Wildman–Crippen MR) is 95.5 cm³/mol. The van der Waals surface area contributed by atoms with Crippen molar-refractivity contribution in [1.82, 2.24) is 4.90 Å². The molecule has 4 heteroatoms. The van der Waals surface area contributed by atoms with E-state index in [9.17, 15) is 9.90 Å². The SMILES string of the molecule is O=C(O)C(CCOc1cccc2ccccc12)CN1CCCCC1. The lowest BCUT2D eigenvalue weighted by molar-refractivity contribution is -0.143. The number of hydrogen-bond acceptors (Lipinski definition) is 3. The van der Waals surface area contributed by atoms with Crippen LogP contribution in [0.4, 0.5) is 0 Å². The minimum Gasteiger partial charge on any atom is -0.493 e. The van der Waals surface area contributed by atoms with Crippen molar-refractivity contribution in [2.24, 2.45) is 5.92 Å². The Kier molecular flexibility index (Phi) is 5.70. The van der Waals surface area contributed by atoms with E-state index < -0.39 is 5.97 Å². The van der Waals surface area contributed by atoms with E-state index in [4.69, 9.17) is 4.74 Å². The van der Waals surface area contributed by atoms with Crippen molar-refractivity contribution < 1.29 is 14.6 Å². The van der Waals surface area contributed by atoms with E-state index in [2.05, 4.69) is 17.0 Å². The summed E-state index contributed by atoms with van der Waals surface area (Å²) in [4.78, 5) is 13.8. The third-order valence-electron chi connectivity index (χ3n) is 4.75. The van der Waals surface area contributed by atoms with Gasteiger partial charge in [0, 0.05) is 11.9 Å². The van der Waals surface area contributed by atoms with Crippen molar-refractivity contribution in [2.75, 3.05) is 26.2 Å². The molecule has 0 spiro atoms. The molecule has 1 saturated heterocycles. The Labute approximate surface area is 143 Å². The van der Waals surface area contributed by atoms with Crippen molar-refractivity contribution in [3.8, 4) is 5.75 Å². The Morgan fingerprint density at radius 3 is 2.62 bits per heavy atom. The molecule has 0 aliphatic carbocycles. The fourth-order valence-corrected chi connectivity index (χ4v) is 3.38. The maximum atomic E-state index is 11.5. The molecule has 128 valence electrons. The summed E-state index contributed by atoms with van der Waals surface area (Å²) in [5.74, 6) is -0.254. The van der Waals surface area contributed by atoms with Gasteiger partial charge in [0.1, 0.15) is 5.75 Å². The number of likely N-dealkylation sites (tertiary alicyclic amines) is 1. The first-order valence-corrected chi connectivity index (χ1v) is 8.80. The maximum absolute atomic E-state index is 11.5. The third kappa shape index (κ3) is 4.26. The molecule has 2 aromatic carbocycles. The molecule has 3 rings (SSSR count). The van der Waals surface area contributed by atoms with Gasteiger partial charge >= 0.3 is 5.97 Å². The van der Waals surface area contributed by atoms with Crippen LogP contribution in [0.2, 0.25) is 0 Å². The number of carbonyl (C=O) groups is 1. The summed E-state index contributed by atoms with van der Waals surface area (Å²) >= 11 is 0. The van der Waals surface area contributed by atoms with Gasteiger partial charge in [-0.1, -0.05) is 42.8 Å². The molecule has 2 aromatic rings. The highest BCUT2D eigenvalue weighted by Gasteiger charge is 2.22. The van der Waals surface area contributed by atoms with Crippen LogP contribution < -0.4 is 4.74 Å². The highest BCUT2D eigenvalue weighted by molar-refractivity contribution is 5.88. The molecule has 1 unspecified atom stereocenters. The Hall–Kier alpha value is -2.07. The van der Waals surface area contributed by atoms with E-state index in [-0.39, 0.29) is 5.92 Å². The van der Waals surface area contributed by atoms with Crippen molar-refractivity contribution in [1.29, 1.82) is 0 Å². The minimum atomic E-state index is -0.720. The van der Waals surface area contributed by atoms with E-state index in [0.29, 0.717) is 19.6 Å². The Morgan fingerprint density at radius 2 is 1.83 bits per heavy atom. The molecule has 1 aliphatic rings. The van der Waals surface area contributed by atoms with Crippen LogP contribution in [-0.2, 0) is 4.79 Å². The normalized spacial score (nSPS) is 16.8. The van der Waals surface area contributed by atoms with Gasteiger partial charge in [-0.15, -0.1) is 0 Å². The van der Waals surface area contributed by atoms with Gasteiger partial charge in [0.15, 0.2) is 0 Å².